The van der Waals surface area contributed by atoms with Gasteiger partial charge in [-0.2, -0.15) is 0 Å². The Kier molecular flexibility index (Phi) is 6.46. The van der Waals surface area contributed by atoms with E-state index >= 15 is 0 Å². The van der Waals surface area contributed by atoms with Gasteiger partial charge in [0.2, 0.25) is 0 Å². The van der Waals surface area contributed by atoms with E-state index in [0.29, 0.717) is 0 Å². The van der Waals surface area contributed by atoms with E-state index in [1.807, 2.05) is 6.92 Å². The summed E-state index contributed by atoms with van der Waals surface area (Å²) >= 11 is -0.903. The Labute approximate surface area is 68.2 Å². The largest absolute Gasteiger partial charge is 0.478 e. The summed E-state index contributed by atoms with van der Waals surface area (Å²) in [6.45, 7) is 4.82. The van der Waals surface area contributed by atoms with Crippen molar-refractivity contribution in [1.82, 2.24) is 0 Å². The van der Waals surface area contributed by atoms with Gasteiger partial charge in [-0.1, -0.05) is 18.5 Å². The van der Waals surface area contributed by atoms with E-state index in [-0.39, 0.29) is 6.29 Å². The molecule has 0 aromatic rings. The van der Waals surface area contributed by atoms with E-state index in [4.69, 9.17) is 8.53 Å². The second-order valence-corrected chi connectivity index (χ2v) is 4.85. The summed E-state index contributed by atoms with van der Waals surface area (Å²) < 4.78 is 10.9. The van der Waals surface area contributed by atoms with Crippen molar-refractivity contribution < 1.29 is 8.53 Å². The zero-order valence-corrected chi connectivity index (χ0v) is 8.54. The second kappa shape index (κ2) is 6.18. The number of hydrogen-bond donors (Lipinski definition) is 0. The van der Waals surface area contributed by atoms with E-state index in [1.54, 1.807) is 0 Å². The molecule has 0 saturated carbocycles. The van der Waals surface area contributed by atoms with Crippen LogP contribution in [-0.2, 0) is 8.53 Å². The molecule has 1 atom stereocenters. The van der Waals surface area contributed by atoms with Crippen LogP contribution in [0.5, 0.6) is 0 Å². The number of rotatable bonds is 5. The molecule has 60 valence electrons. The van der Waals surface area contributed by atoms with Gasteiger partial charge in [0.1, 0.15) is 6.29 Å². The van der Waals surface area contributed by atoms with Crippen LogP contribution in [0.4, 0.5) is 0 Å². The molecular weight excluding hydrogens is 143 g/mol. The van der Waals surface area contributed by atoms with Crippen LogP contribution in [0.25, 0.3) is 0 Å². The minimum Gasteiger partial charge on any atom is -0.478 e. The highest BCUT2D eigenvalue weighted by molar-refractivity contribution is 6.48. The number of hydrogen-bond acceptors (Lipinski definition) is 2. The monoisotopic (exact) mass is 160 g/mol. The summed E-state index contributed by atoms with van der Waals surface area (Å²) in [5, 5.41) is 0. The molecule has 10 heavy (non-hydrogen) atoms. The summed E-state index contributed by atoms with van der Waals surface area (Å²) in [6.07, 6.45) is 1.01. The van der Waals surface area contributed by atoms with Crippen LogP contribution in [0.3, 0.4) is 0 Å². The van der Waals surface area contributed by atoms with Gasteiger partial charge in [0.15, 0.2) is 0 Å². The average molecular weight is 160 g/mol. The van der Waals surface area contributed by atoms with Crippen LogP contribution >= 0.6 is 0 Å². The van der Waals surface area contributed by atoms with E-state index < -0.39 is 14.5 Å². The van der Waals surface area contributed by atoms with Gasteiger partial charge < -0.3 is 8.53 Å². The van der Waals surface area contributed by atoms with E-state index in [0.717, 1.165) is 13.0 Å². The average Bonchev–Trinajstić information content (AvgIpc) is 1.86. The molecule has 0 rings (SSSR count). The molecule has 2 nitrogen and oxygen atoms in total. The van der Waals surface area contributed by atoms with Crippen molar-refractivity contribution in [2.24, 2.45) is 0 Å². The standard InChI is InChI=1S/C5H11O2.2CH3.Al/c1-3-5(6)7-4-2;;;/h5H,3-4H2,1-2H3;2*1H3;/q-1;;;+1. The Morgan fingerprint density at radius 3 is 2.20 bits per heavy atom. The second-order valence-electron chi connectivity index (χ2n) is 2.48. The first-order chi connectivity index (χ1) is 4.70. The number of ether oxygens (including phenoxy) is 1. The minimum absolute atomic E-state index is 0.0525. The molecule has 0 aliphatic rings. The summed E-state index contributed by atoms with van der Waals surface area (Å²) in [5.41, 5.74) is 0. The maximum atomic E-state index is 5.56. The highest BCUT2D eigenvalue weighted by Gasteiger charge is 2.11. The predicted octanol–water partition coefficient (Wildman–Crippen LogP) is 2.03. The van der Waals surface area contributed by atoms with Gasteiger partial charge in [0, 0.05) is 6.61 Å². The molecule has 0 aliphatic carbocycles. The molecule has 0 saturated heterocycles. The molecule has 0 aliphatic heterocycles. The van der Waals surface area contributed by atoms with Crippen LogP contribution < -0.4 is 0 Å². The van der Waals surface area contributed by atoms with Gasteiger partial charge >= 0.3 is 14.5 Å². The minimum atomic E-state index is -0.903. The van der Waals surface area contributed by atoms with Crippen molar-refractivity contribution in [1.29, 1.82) is 0 Å². The van der Waals surface area contributed by atoms with E-state index in [1.165, 1.54) is 0 Å². The molecule has 1 unspecified atom stereocenters. The van der Waals surface area contributed by atoms with E-state index in [9.17, 15) is 0 Å². The molecule has 0 bridgehead atoms. The maximum Gasteiger partial charge on any atom is 0.455 e. The van der Waals surface area contributed by atoms with Crippen LogP contribution in [0.1, 0.15) is 20.3 Å². The third-order valence-corrected chi connectivity index (χ3v) is 1.96. The summed E-state index contributed by atoms with van der Waals surface area (Å²) in [4.78, 5) is 0. The molecule has 0 heterocycles. The topological polar surface area (TPSA) is 18.5 Å². The zero-order chi connectivity index (χ0) is 7.98. The maximum absolute atomic E-state index is 5.56. The lowest BCUT2D eigenvalue weighted by molar-refractivity contribution is -0.0785. The lowest BCUT2D eigenvalue weighted by Crippen LogP contribution is -2.22. The van der Waals surface area contributed by atoms with Gasteiger partial charge in [-0.3, -0.25) is 0 Å². The lowest BCUT2D eigenvalue weighted by Gasteiger charge is -2.17. The van der Waals surface area contributed by atoms with Crippen LogP contribution in [-0.4, -0.2) is 27.4 Å². The third kappa shape index (κ3) is 5.25. The van der Waals surface area contributed by atoms with E-state index in [2.05, 4.69) is 18.5 Å². The first-order valence-corrected chi connectivity index (χ1v) is 6.75. The van der Waals surface area contributed by atoms with Crippen molar-refractivity contribution in [2.45, 2.75) is 38.1 Å². The fraction of sp³-hybridized carbons (Fsp3) is 1.00. The smallest absolute Gasteiger partial charge is 0.455 e. The molecule has 3 heteroatoms. The predicted molar refractivity (Wildman–Crippen MR) is 44.3 cm³/mol. The molecule has 0 N–H and O–H groups in total. The molecule has 0 amide bonds. The van der Waals surface area contributed by atoms with Gasteiger partial charge in [-0.25, -0.2) is 0 Å². The van der Waals surface area contributed by atoms with Crippen molar-refractivity contribution >= 4 is 14.5 Å². The lowest BCUT2D eigenvalue weighted by atomic mass is 10.5. The SMILES string of the molecule is CCOC(CC)[O][Al]([CH3])[CH3]. The van der Waals surface area contributed by atoms with Crippen molar-refractivity contribution in [3.8, 4) is 0 Å². The normalized spacial score (nSPS) is 13.2. The van der Waals surface area contributed by atoms with Gasteiger partial charge in [0.25, 0.3) is 0 Å². The van der Waals surface area contributed by atoms with Gasteiger partial charge in [-0.05, 0) is 13.3 Å². The molecule has 0 spiro atoms. The van der Waals surface area contributed by atoms with Crippen molar-refractivity contribution in [2.75, 3.05) is 6.61 Å². The first kappa shape index (κ1) is 10.5. The molecule has 0 radical (unpaired) electrons. The third-order valence-electron chi connectivity index (χ3n) is 1.11. The Morgan fingerprint density at radius 1 is 1.30 bits per heavy atom. The fourth-order valence-electron chi connectivity index (χ4n) is 0.743. The molecule has 0 fully saturated rings. The summed E-state index contributed by atoms with van der Waals surface area (Å²) in [5.74, 6) is 4.31. The highest BCUT2D eigenvalue weighted by Crippen LogP contribution is 2.01. The fourth-order valence-corrected chi connectivity index (χ4v) is 1.62. The molecule has 0 aromatic heterocycles. The Hall–Kier alpha value is 0.452. The Morgan fingerprint density at radius 2 is 1.90 bits per heavy atom. The van der Waals surface area contributed by atoms with Crippen molar-refractivity contribution in [3.05, 3.63) is 0 Å². The van der Waals surface area contributed by atoms with Crippen molar-refractivity contribution in [3.63, 3.8) is 0 Å². The molecular formula is C7H17AlO2. The van der Waals surface area contributed by atoms with Gasteiger partial charge in [-0.15, -0.1) is 0 Å². The van der Waals surface area contributed by atoms with Crippen LogP contribution in [0, 0.1) is 0 Å². The Balaban J connectivity index is 3.39. The summed E-state index contributed by atoms with van der Waals surface area (Å²) in [7, 11) is 0. The zero-order valence-electron chi connectivity index (χ0n) is 7.39. The summed E-state index contributed by atoms with van der Waals surface area (Å²) in [6, 6.07) is 0. The quantitative estimate of drug-likeness (QED) is 0.452. The molecule has 0 aromatic carbocycles. The van der Waals surface area contributed by atoms with Crippen LogP contribution in [0.15, 0.2) is 0 Å². The first-order valence-electron chi connectivity index (χ1n) is 3.97. The van der Waals surface area contributed by atoms with Gasteiger partial charge in [0.05, 0.1) is 0 Å². The highest BCUT2D eigenvalue weighted by atomic mass is 27.2. The Bertz CT molecular complexity index is 76.0. The van der Waals surface area contributed by atoms with Crippen LogP contribution in [0.2, 0.25) is 11.6 Å².